The van der Waals surface area contributed by atoms with Gasteiger partial charge in [0.15, 0.2) is 5.82 Å². The number of aliphatic hydroxyl groups is 1. The van der Waals surface area contributed by atoms with Gasteiger partial charge in [0.1, 0.15) is 6.33 Å². The van der Waals surface area contributed by atoms with E-state index >= 15 is 0 Å². The fourth-order valence-corrected chi connectivity index (χ4v) is 2.67. The van der Waals surface area contributed by atoms with Crippen LogP contribution >= 0.6 is 15.9 Å². The van der Waals surface area contributed by atoms with Crippen molar-refractivity contribution in [1.82, 2.24) is 14.8 Å². The molecule has 0 saturated heterocycles. The number of rotatable bonds is 2. The van der Waals surface area contributed by atoms with Gasteiger partial charge in [0.05, 0.1) is 13.2 Å². The van der Waals surface area contributed by atoms with Crippen LogP contribution in [0, 0.1) is 0 Å². The van der Waals surface area contributed by atoms with E-state index in [2.05, 4.69) is 35.6 Å². The maximum Gasteiger partial charge on any atom is 0.152 e. The SMILES string of the molecule is OCc1cc(Br)ccc1N1CCn2cnnc2C1. The Morgan fingerprint density at radius 1 is 1.33 bits per heavy atom. The van der Waals surface area contributed by atoms with Gasteiger partial charge in [-0.05, 0) is 18.2 Å². The van der Waals surface area contributed by atoms with Gasteiger partial charge in [-0.3, -0.25) is 0 Å². The Hall–Kier alpha value is -1.40. The highest BCUT2D eigenvalue weighted by Gasteiger charge is 2.19. The molecule has 0 atom stereocenters. The molecule has 1 N–H and O–H groups in total. The molecule has 0 spiro atoms. The maximum atomic E-state index is 9.45. The van der Waals surface area contributed by atoms with E-state index in [4.69, 9.17) is 0 Å². The van der Waals surface area contributed by atoms with E-state index in [1.807, 2.05) is 18.2 Å². The van der Waals surface area contributed by atoms with E-state index in [0.717, 1.165) is 41.2 Å². The average molecular weight is 309 g/mol. The van der Waals surface area contributed by atoms with Gasteiger partial charge in [0.2, 0.25) is 0 Å². The minimum absolute atomic E-state index is 0.0396. The second-order valence-corrected chi connectivity index (χ2v) is 5.21. The third-order valence-electron chi connectivity index (χ3n) is 3.19. The van der Waals surface area contributed by atoms with Crippen LogP contribution in [0.15, 0.2) is 29.0 Å². The summed E-state index contributed by atoms with van der Waals surface area (Å²) in [6.45, 7) is 2.55. The first kappa shape index (κ1) is 11.7. The molecule has 0 unspecified atom stereocenters. The van der Waals surface area contributed by atoms with Crippen molar-refractivity contribution in [2.45, 2.75) is 19.7 Å². The van der Waals surface area contributed by atoms with Crippen molar-refractivity contribution in [1.29, 1.82) is 0 Å². The van der Waals surface area contributed by atoms with Crippen molar-refractivity contribution in [2.75, 3.05) is 11.4 Å². The van der Waals surface area contributed by atoms with E-state index < -0.39 is 0 Å². The first-order valence-corrected chi connectivity index (χ1v) is 6.58. The van der Waals surface area contributed by atoms with Crippen molar-refractivity contribution in [3.05, 3.63) is 40.4 Å². The Bertz CT molecular complexity index is 569. The zero-order chi connectivity index (χ0) is 12.5. The van der Waals surface area contributed by atoms with E-state index in [1.165, 1.54) is 0 Å². The molecule has 2 aromatic rings. The zero-order valence-corrected chi connectivity index (χ0v) is 11.3. The molecule has 0 radical (unpaired) electrons. The van der Waals surface area contributed by atoms with E-state index in [9.17, 15) is 5.11 Å². The Labute approximate surface area is 113 Å². The molecule has 1 aliphatic rings. The van der Waals surface area contributed by atoms with Gasteiger partial charge in [-0.15, -0.1) is 10.2 Å². The number of aliphatic hydroxyl groups excluding tert-OH is 1. The molecule has 0 amide bonds. The maximum absolute atomic E-state index is 9.45. The smallest absolute Gasteiger partial charge is 0.152 e. The summed E-state index contributed by atoms with van der Waals surface area (Å²) in [4.78, 5) is 2.22. The summed E-state index contributed by atoms with van der Waals surface area (Å²) in [5.74, 6) is 0.966. The molecule has 6 heteroatoms. The van der Waals surface area contributed by atoms with Gasteiger partial charge in [-0.2, -0.15) is 0 Å². The Morgan fingerprint density at radius 2 is 2.22 bits per heavy atom. The van der Waals surface area contributed by atoms with Crippen LogP contribution in [0.2, 0.25) is 0 Å². The molecule has 1 aromatic heterocycles. The largest absolute Gasteiger partial charge is 0.392 e. The van der Waals surface area contributed by atoms with Gasteiger partial charge in [0.25, 0.3) is 0 Å². The van der Waals surface area contributed by atoms with Crippen LogP contribution in [0.4, 0.5) is 5.69 Å². The molecular weight excluding hydrogens is 296 g/mol. The van der Waals surface area contributed by atoms with Crippen molar-refractivity contribution in [3.8, 4) is 0 Å². The minimum Gasteiger partial charge on any atom is -0.392 e. The van der Waals surface area contributed by atoms with Crippen LogP contribution in [0.5, 0.6) is 0 Å². The topological polar surface area (TPSA) is 54.2 Å². The first-order chi connectivity index (χ1) is 8.78. The molecule has 0 saturated carbocycles. The molecule has 0 bridgehead atoms. The van der Waals surface area contributed by atoms with E-state index in [1.54, 1.807) is 6.33 Å². The standard InChI is InChI=1S/C12H13BrN4O/c13-10-1-2-11(9(5-10)7-18)16-3-4-17-8-14-15-12(17)6-16/h1-2,5,8,18H,3-4,6-7H2. The normalized spacial score (nSPS) is 14.7. The quantitative estimate of drug-likeness (QED) is 0.914. The Balaban J connectivity index is 1.93. The third-order valence-corrected chi connectivity index (χ3v) is 3.68. The van der Waals surface area contributed by atoms with Gasteiger partial charge >= 0.3 is 0 Å². The van der Waals surface area contributed by atoms with Crippen molar-refractivity contribution in [2.24, 2.45) is 0 Å². The molecule has 2 heterocycles. The van der Waals surface area contributed by atoms with E-state index in [0.29, 0.717) is 0 Å². The van der Waals surface area contributed by atoms with Gasteiger partial charge in [-0.25, -0.2) is 0 Å². The summed E-state index contributed by atoms with van der Waals surface area (Å²) in [5, 5.41) is 17.5. The lowest BCUT2D eigenvalue weighted by molar-refractivity contribution is 0.281. The number of hydrogen-bond acceptors (Lipinski definition) is 4. The van der Waals surface area contributed by atoms with Crippen molar-refractivity contribution < 1.29 is 5.11 Å². The van der Waals surface area contributed by atoms with Gasteiger partial charge in [0, 0.05) is 28.8 Å². The first-order valence-electron chi connectivity index (χ1n) is 5.79. The highest BCUT2D eigenvalue weighted by atomic mass is 79.9. The predicted octanol–water partition coefficient (Wildman–Crippen LogP) is 1.55. The lowest BCUT2D eigenvalue weighted by atomic mass is 10.1. The fraction of sp³-hybridized carbons (Fsp3) is 0.333. The molecule has 0 aliphatic carbocycles. The molecule has 1 aliphatic heterocycles. The van der Waals surface area contributed by atoms with Crippen molar-refractivity contribution in [3.63, 3.8) is 0 Å². The summed E-state index contributed by atoms with van der Waals surface area (Å²) < 4.78 is 3.05. The number of anilines is 1. The lowest BCUT2D eigenvalue weighted by Gasteiger charge is -2.30. The van der Waals surface area contributed by atoms with Gasteiger partial charge in [-0.1, -0.05) is 15.9 Å². The van der Waals surface area contributed by atoms with E-state index in [-0.39, 0.29) is 6.61 Å². The highest BCUT2D eigenvalue weighted by Crippen LogP contribution is 2.27. The molecule has 3 rings (SSSR count). The molecule has 1 aromatic carbocycles. The van der Waals surface area contributed by atoms with Crippen LogP contribution in [-0.2, 0) is 19.7 Å². The fourth-order valence-electron chi connectivity index (χ4n) is 2.26. The van der Waals surface area contributed by atoms with Crippen LogP contribution in [0.3, 0.4) is 0 Å². The molecule has 5 nitrogen and oxygen atoms in total. The summed E-state index contributed by atoms with van der Waals surface area (Å²) in [7, 11) is 0. The van der Waals surface area contributed by atoms with Gasteiger partial charge < -0.3 is 14.6 Å². The molecular formula is C12H13BrN4O. The number of halogens is 1. The Kier molecular flexibility index (Phi) is 3.05. The summed E-state index contributed by atoms with van der Waals surface area (Å²) in [6.07, 6.45) is 1.77. The van der Waals surface area contributed by atoms with Crippen molar-refractivity contribution >= 4 is 21.6 Å². The highest BCUT2D eigenvalue weighted by molar-refractivity contribution is 9.10. The minimum atomic E-state index is 0.0396. The summed E-state index contributed by atoms with van der Waals surface area (Å²) >= 11 is 3.42. The van der Waals surface area contributed by atoms with Crippen LogP contribution < -0.4 is 4.90 Å². The molecule has 0 fully saturated rings. The summed E-state index contributed by atoms with van der Waals surface area (Å²) in [6, 6.07) is 5.98. The second-order valence-electron chi connectivity index (χ2n) is 4.29. The molecule has 94 valence electrons. The zero-order valence-electron chi connectivity index (χ0n) is 9.75. The number of fused-ring (bicyclic) bond motifs is 1. The number of hydrogen-bond donors (Lipinski definition) is 1. The average Bonchev–Trinajstić information content (AvgIpc) is 2.85. The Morgan fingerprint density at radius 3 is 3.06 bits per heavy atom. The van der Waals surface area contributed by atoms with Crippen LogP contribution in [0.25, 0.3) is 0 Å². The summed E-state index contributed by atoms with van der Waals surface area (Å²) in [5.41, 5.74) is 1.99. The monoisotopic (exact) mass is 308 g/mol. The second kappa shape index (κ2) is 4.70. The number of aromatic nitrogens is 3. The number of nitrogens with zero attached hydrogens (tertiary/aromatic N) is 4. The third kappa shape index (κ3) is 2.02. The lowest BCUT2D eigenvalue weighted by Crippen LogP contribution is -2.34. The predicted molar refractivity (Wildman–Crippen MR) is 71.1 cm³/mol. The number of benzene rings is 1. The molecule has 18 heavy (non-hydrogen) atoms. The van der Waals surface area contributed by atoms with Crippen LogP contribution in [-0.4, -0.2) is 26.4 Å². The van der Waals surface area contributed by atoms with Crippen LogP contribution in [0.1, 0.15) is 11.4 Å².